The Morgan fingerprint density at radius 2 is 1.89 bits per heavy atom. The lowest BCUT2D eigenvalue weighted by Crippen LogP contribution is -2.20. The Hall–Kier alpha value is -0.830. The summed E-state index contributed by atoms with van der Waals surface area (Å²) in [4.78, 5) is 2.70. The highest BCUT2D eigenvalue weighted by Gasteiger charge is 2.16. The van der Waals surface area contributed by atoms with Gasteiger partial charge in [0.05, 0.1) is 0 Å². The van der Waals surface area contributed by atoms with Crippen molar-refractivity contribution in [2.75, 3.05) is 7.05 Å². The van der Waals surface area contributed by atoms with Crippen LogP contribution in [0.1, 0.15) is 30.3 Å². The Kier molecular flexibility index (Phi) is 4.67. The van der Waals surface area contributed by atoms with Crippen molar-refractivity contribution in [1.82, 2.24) is 5.32 Å². The second-order valence-corrected chi connectivity index (χ2v) is 6.72. The Morgan fingerprint density at radius 1 is 1.16 bits per heavy atom. The van der Waals surface area contributed by atoms with Crippen molar-refractivity contribution in [3.8, 4) is 10.4 Å². The maximum Gasteiger partial charge on any atom is 0.0435 e. The number of aryl methyl sites for hydroxylation is 1. The van der Waals surface area contributed by atoms with Crippen molar-refractivity contribution in [3.05, 3.63) is 45.8 Å². The van der Waals surface area contributed by atoms with Gasteiger partial charge in [0.15, 0.2) is 0 Å². The minimum atomic E-state index is 0.423. The molecule has 0 radical (unpaired) electrons. The van der Waals surface area contributed by atoms with E-state index in [1.54, 1.807) is 0 Å². The molecule has 19 heavy (non-hydrogen) atoms. The standard InChI is InChI=1S/C16H20ClNS/c1-10(2)16(18-4)15-8-7-14(19-15)13-6-5-12(17)9-11(13)3/h5-10,16,18H,1-4H3. The van der Waals surface area contributed by atoms with E-state index in [9.17, 15) is 0 Å². The van der Waals surface area contributed by atoms with E-state index in [1.165, 1.54) is 20.9 Å². The van der Waals surface area contributed by atoms with Gasteiger partial charge in [0, 0.05) is 20.8 Å². The third kappa shape index (κ3) is 3.19. The summed E-state index contributed by atoms with van der Waals surface area (Å²) in [5.74, 6) is 0.586. The quantitative estimate of drug-likeness (QED) is 0.807. The third-order valence-electron chi connectivity index (χ3n) is 3.36. The van der Waals surface area contributed by atoms with E-state index in [0.717, 1.165) is 5.02 Å². The van der Waals surface area contributed by atoms with Gasteiger partial charge < -0.3 is 5.32 Å². The predicted octanol–water partition coefficient (Wildman–Crippen LogP) is 5.29. The van der Waals surface area contributed by atoms with Crippen molar-refractivity contribution in [3.63, 3.8) is 0 Å². The molecule has 1 N–H and O–H groups in total. The maximum atomic E-state index is 6.02. The zero-order chi connectivity index (χ0) is 14.0. The van der Waals surface area contributed by atoms with Gasteiger partial charge in [-0.3, -0.25) is 0 Å². The molecule has 0 fully saturated rings. The average molecular weight is 294 g/mol. The molecule has 1 aromatic carbocycles. The molecule has 1 unspecified atom stereocenters. The van der Waals surface area contributed by atoms with E-state index in [-0.39, 0.29) is 0 Å². The molecule has 2 rings (SSSR count). The van der Waals surface area contributed by atoms with Crippen LogP contribution in [-0.4, -0.2) is 7.05 Å². The van der Waals surface area contributed by atoms with Crippen molar-refractivity contribution < 1.29 is 0 Å². The van der Waals surface area contributed by atoms with Crippen LogP contribution < -0.4 is 5.32 Å². The summed E-state index contributed by atoms with van der Waals surface area (Å²) in [5.41, 5.74) is 2.51. The molecular formula is C16H20ClNS. The van der Waals surface area contributed by atoms with Gasteiger partial charge in [-0.05, 0) is 55.3 Å². The molecule has 1 heterocycles. The van der Waals surface area contributed by atoms with E-state index < -0.39 is 0 Å². The number of rotatable bonds is 4. The van der Waals surface area contributed by atoms with Crippen LogP contribution in [0, 0.1) is 12.8 Å². The first-order valence-electron chi connectivity index (χ1n) is 6.56. The van der Waals surface area contributed by atoms with Gasteiger partial charge in [-0.2, -0.15) is 0 Å². The molecule has 1 nitrogen and oxygen atoms in total. The molecule has 0 aliphatic carbocycles. The molecule has 1 atom stereocenters. The van der Waals surface area contributed by atoms with Crippen LogP contribution in [0.3, 0.4) is 0 Å². The molecule has 2 aromatic rings. The molecule has 0 aliphatic rings. The van der Waals surface area contributed by atoms with Gasteiger partial charge >= 0.3 is 0 Å². The van der Waals surface area contributed by atoms with E-state index in [0.29, 0.717) is 12.0 Å². The molecule has 1 aromatic heterocycles. The van der Waals surface area contributed by atoms with Gasteiger partial charge in [-0.25, -0.2) is 0 Å². The topological polar surface area (TPSA) is 12.0 Å². The molecular weight excluding hydrogens is 274 g/mol. The maximum absolute atomic E-state index is 6.02. The first-order valence-corrected chi connectivity index (χ1v) is 7.76. The summed E-state index contributed by atoms with van der Waals surface area (Å²) in [6, 6.07) is 11.0. The monoisotopic (exact) mass is 293 g/mol. The van der Waals surface area contributed by atoms with Gasteiger partial charge in [-0.1, -0.05) is 31.5 Å². The number of hydrogen-bond donors (Lipinski definition) is 1. The second-order valence-electron chi connectivity index (χ2n) is 5.17. The number of thiophene rings is 1. The van der Waals surface area contributed by atoms with Gasteiger partial charge in [0.2, 0.25) is 0 Å². The zero-order valence-electron chi connectivity index (χ0n) is 11.8. The van der Waals surface area contributed by atoms with E-state index in [1.807, 2.05) is 30.5 Å². The summed E-state index contributed by atoms with van der Waals surface area (Å²) >= 11 is 7.88. The molecule has 0 saturated carbocycles. The lowest BCUT2D eigenvalue weighted by molar-refractivity contribution is 0.449. The molecule has 0 amide bonds. The van der Waals surface area contributed by atoms with Crippen LogP contribution in [0.15, 0.2) is 30.3 Å². The molecule has 0 aliphatic heterocycles. The van der Waals surface area contributed by atoms with Gasteiger partial charge in [0.25, 0.3) is 0 Å². The fourth-order valence-corrected chi connectivity index (χ4v) is 3.98. The number of nitrogens with one attached hydrogen (secondary N) is 1. The average Bonchev–Trinajstić information content (AvgIpc) is 2.78. The van der Waals surface area contributed by atoms with Crippen LogP contribution in [0.2, 0.25) is 5.02 Å². The Labute approximate surface area is 124 Å². The highest BCUT2D eigenvalue weighted by molar-refractivity contribution is 7.15. The third-order valence-corrected chi connectivity index (χ3v) is 4.80. The van der Waals surface area contributed by atoms with Crippen LogP contribution in [0.5, 0.6) is 0 Å². The SMILES string of the molecule is CNC(c1ccc(-c2ccc(Cl)cc2C)s1)C(C)C. The first-order chi connectivity index (χ1) is 9.02. The second kappa shape index (κ2) is 6.08. The fraction of sp³-hybridized carbons (Fsp3) is 0.375. The summed E-state index contributed by atoms with van der Waals surface area (Å²) in [5, 5.41) is 4.19. The first kappa shape index (κ1) is 14.6. The molecule has 3 heteroatoms. The van der Waals surface area contributed by atoms with Crippen molar-refractivity contribution >= 4 is 22.9 Å². The highest BCUT2D eigenvalue weighted by atomic mass is 35.5. The van der Waals surface area contributed by atoms with Crippen LogP contribution >= 0.6 is 22.9 Å². The number of benzene rings is 1. The normalized spacial score (nSPS) is 12.9. The molecule has 0 saturated heterocycles. The van der Waals surface area contributed by atoms with Gasteiger partial charge in [0.1, 0.15) is 0 Å². The summed E-state index contributed by atoms with van der Waals surface area (Å²) in [6.07, 6.45) is 0. The largest absolute Gasteiger partial charge is 0.312 e. The molecule has 0 spiro atoms. The van der Waals surface area contributed by atoms with Crippen molar-refractivity contribution in [2.24, 2.45) is 5.92 Å². The van der Waals surface area contributed by atoms with Crippen LogP contribution in [-0.2, 0) is 0 Å². The minimum Gasteiger partial charge on any atom is -0.312 e. The van der Waals surface area contributed by atoms with Crippen LogP contribution in [0.4, 0.5) is 0 Å². The van der Waals surface area contributed by atoms with E-state index >= 15 is 0 Å². The summed E-state index contributed by atoms with van der Waals surface area (Å²) < 4.78 is 0. The molecule has 0 bridgehead atoms. The zero-order valence-corrected chi connectivity index (χ0v) is 13.4. The number of hydrogen-bond acceptors (Lipinski definition) is 2. The Balaban J connectivity index is 2.35. The number of halogens is 1. The van der Waals surface area contributed by atoms with Crippen molar-refractivity contribution in [2.45, 2.75) is 26.8 Å². The lowest BCUT2D eigenvalue weighted by atomic mass is 10.0. The predicted molar refractivity (Wildman–Crippen MR) is 86.1 cm³/mol. The van der Waals surface area contributed by atoms with E-state index in [4.69, 9.17) is 11.6 Å². The molecule has 102 valence electrons. The van der Waals surface area contributed by atoms with Gasteiger partial charge in [-0.15, -0.1) is 11.3 Å². The van der Waals surface area contributed by atoms with E-state index in [2.05, 4.69) is 44.3 Å². The smallest absolute Gasteiger partial charge is 0.0435 e. The summed E-state index contributed by atoms with van der Waals surface area (Å²) in [6.45, 7) is 6.60. The fourth-order valence-electron chi connectivity index (χ4n) is 2.37. The minimum absolute atomic E-state index is 0.423. The Bertz CT molecular complexity index is 560. The highest BCUT2D eigenvalue weighted by Crippen LogP contribution is 2.35. The van der Waals surface area contributed by atoms with Crippen LogP contribution in [0.25, 0.3) is 10.4 Å². The summed E-state index contributed by atoms with van der Waals surface area (Å²) in [7, 11) is 2.03. The Morgan fingerprint density at radius 3 is 2.47 bits per heavy atom. The van der Waals surface area contributed by atoms with Crippen molar-refractivity contribution in [1.29, 1.82) is 0 Å². The lowest BCUT2D eigenvalue weighted by Gasteiger charge is -2.18.